The summed E-state index contributed by atoms with van der Waals surface area (Å²) in [6.45, 7) is 5.93. The van der Waals surface area contributed by atoms with Crippen LogP contribution in [0, 0.1) is 5.82 Å². The third-order valence-electron chi connectivity index (χ3n) is 12.1. The number of likely N-dealkylation sites (tertiary alicyclic amines) is 1. The van der Waals surface area contributed by atoms with Crippen LogP contribution in [0.1, 0.15) is 63.7 Å². The van der Waals surface area contributed by atoms with Crippen molar-refractivity contribution in [2.24, 2.45) is 5.10 Å². The number of carbonyl (C=O) groups is 4. The number of hydrogen-bond donors (Lipinski definition) is 2. The molecule has 7 aliphatic heterocycles. The summed E-state index contributed by atoms with van der Waals surface area (Å²) >= 11 is 0. The molecule has 56 heavy (non-hydrogen) atoms. The van der Waals surface area contributed by atoms with Gasteiger partial charge in [0, 0.05) is 70.2 Å². The molecular weight excluding hydrogens is 716 g/mol. The molecule has 4 amide bonds. The maximum atomic E-state index is 14.1. The zero-order chi connectivity index (χ0) is 38.1. The molecule has 3 aromatic rings. The van der Waals surface area contributed by atoms with Crippen LogP contribution in [0.25, 0.3) is 5.70 Å². The first kappa shape index (κ1) is 34.4. The summed E-state index contributed by atoms with van der Waals surface area (Å²) in [6.07, 6.45) is 8.23. The fourth-order valence-corrected chi connectivity index (χ4v) is 9.08. The number of nitrogens with one attached hydrogen (secondary N) is 2. The van der Waals surface area contributed by atoms with Gasteiger partial charge in [-0.1, -0.05) is 18.2 Å². The Hall–Kier alpha value is -6.09. The first-order valence-electron chi connectivity index (χ1n) is 19.4. The van der Waals surface area contributed by atoms with E-state index in [0.29, 0.717) is 11.6 Å². The van der Waals surface area contributed by atoms with Crippen LogP contribution in [0.2, 0.25) is 0 Å². The van der Waals surface area contributed by atoms with E-state index in [4.69, 9.17) is 10.1 Å². The Kier molecular flexibility index (Phi) is 8.35. The summed E-state index contributed by atoms with van der Waals surface area (Å²) in [5, 5.41) is 12.8. The largest absolute Gasteiger partial charge is 0.368 e. The minimum atomic E-state index is -0.977. The van der Waals surface area contributed by atoms with E-state index in [9.17, 15) is 23.6 Å². The van der Waals surface area contributed by atoms with Gasteiger partial charge in [-0.05, 0) is 79.4 Å². The van der Waals surface area contributed by atoms with Crippen LogP contribution >= 0.6 is 0 Å². The monoisotopic (exact) mass is 756 g/mol. The quantitative estimate of drug-likeness (QED) is 0.360. The molecule has 8 heterocycles. The lowest BCUT2D eigenvalue weighted by Crippen LogP contribution is -2.63. The molecule has 7 aliphatic rings. The summed E-state index contributed by atoms with van der Waals surface area (Å²) in [6, 6.07) is 17.8. The highest BCUT2D eigenvalue weighted by Crippen LogP contribution is 2.36. The second-order valence-corrected chi connectivity index (χ2v) is 15.3. The first-order valence-corrected chi connectivity index (χ1v) is 19.4. The van der Waals surface area contributed by atoms with Crippen LogP contribution in [-0.4, -0.2) is 118 Å². The maximum Gasteiger partial charge on any atom is 0.262 e. The lowest BCUT2D eigenvalue weighted by Gasteiger charge is -2.49. The molecule has 0 spiro atoms. The van der Waals surface area contributed by atoms with Crippen molar-refractivity contribution >= 4 is 46.7 Å². The third-order valence-corrected chi connectivity index (χ3v) is 12.1. The zero-order valence-corrected chi connectivity index (χ0v) is 30.7. The number of imide groups is 2. The number of aromatic nitrogens is 1. The number of piperidine rings is 1. The predicted octanol–water partition coefficient (Wildman–Crippen LogP) is 2.88. The highest BCUT2D eigenvalue weighted by Gasteiger charge is 2.45. The van der Waals surface area contributed by atoms with Crippen molar-refractivity contribution < 1.29 is 23.6 Å². The molecule has 2 aromatic carbocycles. The zero-order valence-electron chi connectivity index (χ0n) is 30.7. The van der Waals surface area contributed by atoms with Crippen LogP contribution in [0.15, 0.2) is 84.1 Å². The van der Waals surface area contributed by atoms with Crippen molar-refractivity contribution in [1.82, 2.24) is 35.3 Å². The second kappa shape index (κ2) is 13.6. The molecule has 286 valence electrons. The molecule has 0 saturated carbocycles. The van der Waals surface area contributed by atoms with Crippen LogP contribution in [0.3, 0.4) is 0 Å². The van der Waals surface area contributed by atoms with Crippen LogP contribution in [-0.2, 0) is 9.59 Å². The van der Waals surface area contributed by atoms with E-state index in [-0.39, 0.29) is 36.4 Å². The molecule has 1 aromatic heterocycles. The van der Waals surface area contributed by atoms with Crippen molar-refractivity contribution in [3.63, 3.8) is 0 Å². The summed E-state index contributed by atoms with van der Waals surface area (Å²) in [7, 11) is 0. The van der Waals surface area contributed by atoms with E-state index >= 15 is 0 Å². The Balaban J connectivity index is 0.759. The van der Waals surface area contributed by atoms with E-state index < -0.39 is 29.7 Å². The van der Waals surface area contributed by atoms with Gasteiger partial charge in [0.25, 0.3) is 11.8 Å². The number of hydrogen-bond acceptors (Lipinski definition) is 12. The van der Waals surface area contributed by atoms with E-state index in [1.807, 2.05) is 35.5 Å². The van der Waals surface area contributed by atoms with Gasteiger partial charge in [-0.15, -0.1) is 0 Å². The molecule has 4 fully saturated rings. The van der Waals surface area contributed by atoms with E-state index in [0.717, 1.165) is 97.9 Å². The minimum Gasteiger partial charge on any atom is -0.368 e. The summed E-state index contributed by atoms with van der Waals surface area (Å²) < 4.78 is 14.1. The number of anilines is 2. The molecule has 4 saturated heterocycles. The number of amides is 4. The Morgan fingerprint density at radius 3 is 2.45 bits per heavy atom. The average Bonchev–Trinajstić information content (AvgIpc) is 3.91. The van der Waals surface area contributed by atoms with Crippen LogP contribution in [0.5, 0.6) is 0 Å². The van der Waals surface area contributed by atoms with Gasteiger partial charge < -0.3 is 20.0 Å². The molecule has 15 heteroatoms. The van der Waals surface area contributed by atoms with Crippen molar-refractivity contribution in [2.75, 3.05) is 55.6 Å². The lowest BCUT2D eigenvalue weighted by molar-refractivity contribution is -0.136. The Bertz CT molecular complexity index is 2250. The van der Waals surface area contributed by atoms with Gasteiger partial charge in [0.2, 0.25) is 11.8 Å². The lowest BCUT2D eigenvalue weighted by atomic mass is 10.0. The highest BCUT2D eigenvalue weighted by molar-refractivity contribution is 6.23. The Morgan fingerprint density at radius 1 is 0.804 bits per heavy atom. The molecule has 0 aliphatic carbocycles. The standard InChI is InChI=1S/C41H41FN10O4/c42-26-5-1-4-25(20-26)32-7-3-15-50(32)37-13-12-35-43-22-34(52(35)46-37)31-6-2-8-36(44-31)48-18-16-47(17-19-48)28-23-49(24-28)27-9-10-29-30(21-27)41(56)51(40(29)55)33-11-14-38(53)45-39(33)54/h1-2,4-6,8-10,12-13,20-22,28,32-33,35,43H,3,7,11,14-19,23-24H2,(H,45,53,54)/t32-,33?,35?/m1/s1. The number of benzene rings is 2. The number of fused-ring (bicyclic) bond motifs is 2. The number of pyridine rings is 1. The average molecular weight is 757 g/mol. The van der Waals surface area contributed by atoms with Crippen LogP contribution < -0.4 is 20.4 Å². The number of halogens is 1. The molecule has 14 nitrogen and oxygen atoms in total. The van der Waals surface area contributed by atoms with Gasteiger partial charge in [-0.3, -0.25) is 34.3 Å². The number of amidine groups is 1. The molecule has 0 bridgehead atoms. The van der Waals surface area contributed by atoms with E-state index in [1.54, 1.807) is 24.3 Å². The van der Waals surface area contributed by atoms with Gasteiger partial charge in [0.15, 0.2) is 0 Å². The van der Waals surface area contributed by atoms with Crippen molar-refractivity contribution in [3.8, 4) is 0 Å². The van der Waals surface area contributed by atoms with Gasteiger partial charge in [-0.25, -0.2) is 14.4 Å². The number of piperazine rings is 1. The third kappa shape index (κ3) is 5.88. The summed E-state index contributed by atoms with van der Waals surface area (Å²) in [4.78, 5) is 66.0. The van der Waals surface area contributed by atoms with Crippen molar-refractivity contribution in [3.05, 3.63) is 107 Å². The van der Waals surface area contributed by atoms with Gasteiger partial charge in [-0.2, -0.15) is 5.10 Å². The van der Waals surface area contributed by atoms with Crippen molar-refractivity contribution in [1.29, 1.82) is 0 Å². The molecule has 10 rings (SSSR count). The summed E-state index contributed by atoms with van der Waals surface area (Å²) in [5.41, 5.74) is 4.17. The smallest absolute Gasteiger partial charge is 0.262 e. The molecule has 2 unspecified atom stereocenters. The minimum absolute atomic E-state index is 0.0772. The molecular formula is C41H41FN10O4. The van der Waals surface area contributed by atoms with E-state index in [2.05, 4.69) is 48.5 Å². The van der Waals surface area contributed by atoms with Gasteiger partial charge >= 0.3 is 0 Å². The fourth-order valence-electron chi connectivity index (χ4n) is 9.08. The number of nitrogens with zero attached hydrogens (tertiary/aromatic N) is 8. The topological polar surface area (TPSA) is 137 Å². The first-order chi connectivity index (χ1) is 27.3. The number of carbonyl (C=O) groups excluding carboxylic acids is 4. The Labute approximate surface area is 322 Å². The maximum absolute atomic E-state index is 14.1. The highest BCUT2D eigenvalue weighted by atomic mass is 19.1. The fraction of sp³-hybridized carbons (Fsp3) is 0.366. The molecule has 2 N–H and O–H groups in total. The SMILES string of the molecule is O=C1CCC(N2C(=O)c3ccc(N4CC(N5CCN(c6cccc(C7=CNC8C=CC(N9CCC[C@@H]9c9cccc(F)c9)=NN78)n6)CC5)C4)cc3C2=O)C(=O)N1. The normalized spacial score (nSPS) is 25.2. The number of hydrazone groups is 1. The molecule has 3 atom stereocenters. The van der Waals surface area contributed by atoms with E-state index in [1.165, 1.54) is 6.07 Å². The second-order valence-electron chi connectivity index (χ2n) is 15.3. The Morgan fingerprint density at radius 2 is 1.62 bits per heavy atom. The predicted molar refractivity (Wildman–Crippen MR) is 206 cm³/mol. The number of rotatable bonds is 6. The van der Waals surface area contributed by atoms with Gasteiger partial charge in [0.05, 0.1) is 22.9 Å². The van der Waals surface area contributed by atoms with Gasteiger partial charge in [0.1, 0.15) is 35.4 Å². The van der Waals surface area contributed by atoms with Crippen LogP contribution in [0.4, 0.5) is 15.9 Å². The summed E-state index contributed by atoms with van der Waals surface area (Å²) in [5.74, 6) is -0.422. The van der Waals surface area contributed by atoms with Crippen molar-refractivity contribution in [2.45, 2.75) is 50.0 Å². The molecule has 0 radical (unpaired) electrons.